The van der Waals surface area contributed by atoms with Crippen molar-refractivity contribution >= 4 is 16.6 Å². The summed E-state index contributed by atoms with van der Waals surface area (Å²) in [5.74, 6) is -2.14. The van der Waals surface area contributed by atoms with Gasteiger partial charge in [0.15, 0.2) is 17.4 Å². The summed E-state index contributed by atoms with van der Waals surface area (Å²) in [5, 5.41) is 2.43. The number of fused-ring (bicyclic) bond motifs is 1. The normalized spacial score (nSPS) is 16.8. The molecular formula is C24H24F2N2O. The van der Waals surface area contributed by atoms with E-state index in [1.165, 1.54) is 22.4 Å². The number of nitrogens with two attached hydrogens (primary N) is 1. The van der Waals surface area contributed by atoms with Gasteiger partial charge in [-0.3, -0.25) is 9.69 Å². The van der Waals surface area contributed by atoms with Gasteiger partial charge in [0.05, 0.1) is 0 Å². The lowest BCUT2D eigenvalue weighted by Gasteiger charge is -2.40. The number of hydrogen-bond acceptors (Lipinski definition) is 3. The molecule has 1 fully saturated rings. The molecule has 1 saturated heterocycles. The van der Waals surface area contributed by atoms with Crippen molar-refractivity contribution in [2.75, 3.05) is 19.6 Å². The van der Waals surface area contributed by atoms with Crippen LogP contribution in [0.15, 0.2) is 60.7 Å². The van der Waals surface area contributed by atoms with Crippen LogP contribution in [0.1, 0.15) is 28.8 Å². The van der Waals surface area contributed by atoms with E-state index in [9.17, 15) is 13.6 Å². The number of likely N-dealkylation sites (tertiary alicyclic amines) is 1. The number of carbonyl (C=O) groups excluding carboxylic acids is 1. The van der Waals surface area contributed by atoms with Gasteiger partial charge in [-0.25, -0.2) is 8.78 Å². The van der Waals surface area contributed by atoms with E-state index >= 15 is 0 Å². The molecule has 1 heterocycles. The molecule has 5 heteroatoms. The van der Waals surface area contributed by atoms with Crippen molar-refractivity contribution in [3.63, 3.8) is 0 Å². The highest BCUT2D eigenvalue weighted by Crippen LogP contribution is 2.35. The van der Waals surface area contributed by atoms with Crippen LogP contribution in [0.3, 0.4) is 0 Å². The van der Waals surface area contributed by atoms with Crippen LogP contribution in [0.25, 0.3) is 10.8 Å². The Hall–Kier alpha value is -2.63. The Labute approximate surface area is 169 Å². The van der Waals surface area contributed by atoms with Gasteiger partial charge < -0.3 is 5.73 Å². The van der Waals surface area contributed by atoms with Gasteiger partial charge in [-0.05, 0) is 66.5 Å². The van der Waals surface area contributed by atoms with E-state index in [2.05, 4.69) is 35.2 Å². The number of rotatable bonds is 5. The number of hydrogen-bond donors (Lipinski definition) is 1. The predicted molar refractivity (Wildman–Crippen MR) is 111 cm³/mol. The molecule has 0 spiro atoms. The minimum atomic E-state index is -1.00. The Balaban J connectivity index is 1.45. The molecule has 0 aliphatic carbocycles. The quantitative estimate of drug-likeness (QED) is 0.646. The summed E-state index contributed by atoms with van der Waals surface area (Å²) in [4.78, 5) is 15.4. The van der Waals surface area contributed by atoms with E-state index in [0.717, 1.165) is 31.8 Å². The molecule has 29 heavy (non-hydrogen) atoms. The third kappa shape index (κ3) is 3.93. The van der Waals surface area contributed by atoms with Gasteiger partial charge in [0.2, 0.25) is 0 Å². The average molecular weight is 394 g/mol. The molecule has 1 aliphatic rings. The first-order chi connectivity index (χ1) is 14.0. The molecule has 3 nitrogen and oxygen atoms in total. The summed E-state index contributed by atoms with van der Waals surface area (Å²) < 4.78 is 26.8. The summed E-state index contributed by atoms with van der Waals surface area (Å²) in [6.07, 6.45) is 1.21. The zero-order valence-corrected chi connectivity index (χ0v) is 16.2. The van der Waals surface area contributed by atoms with Gasteiger partial charge in [-0.1, -0.05) is 36.4 Å². The van der Waals surface area contributed by atoms with Gasteiger partial charge in [-0.2, -0.15) is 0 Å². The molecule has 0 atom stereocenters. The zero-order valence-electron chi connectivity index (χ0n) is 16.2. The number of halogens is 2. The highest BCUT2D eigenvalue weighted by Gasteiger charge is 2.40. The van der Waals surface area contributed by atoms with Gasteiger partial charge in [-0.15, -0.1) is 0 Å². The smallest absolute Gasteiger partial charge is 0.170 e. The Morgan fingerprint density at radius 1 is 0.931 bits per heavy atom. The Morgan fingerprint density at radius 3 is 2.34 bits per heavy atom. The van der Waals surface area contributed by atoms with Gasteiger partial charge in [0, 0.05) is 24.1 Å². The Bertz CT molecular complexity index is 1040. The van der Waals surface area contributed by atoms with E-state index in [1.54, 1.807) is 0 Å². The molecule has 2 N–H and O–H groups in total. The largest absolute Gasteiger partial charge is 0.329 e. The number of benzene rings is 3. The molecule has 1 aliphatic heterocycles. The first-order valence-corrected chi connectivity index (χ1v) is 9.91. The van der Waals surface area contributed by atoms with E-state index in [1.807, 2.05) is 12.1 Å². The number of Topliss-reactive ketones (excluding diaryl/α,β-unsaturated/α-hetero) is 1. The fraction of sp³-hybridized carbons (Fsp3) is 0.292. The van der Waals surface area contributed by atoms with Crippen molar-refractivity contribution in [2.45, 2.75) is 19.4 Å². The standard InChI is InChI=1S/C24H24F2N2O/c25-21-8-7-20(14-22(21)26)23(29)24(16-27)9-11-28(12-10-24)15-17-5-6-18-3-1-2-4-19(18)13-17/h1-8,13-14H,9-12,15-16,27H2. The first-order valence-electron chi connectivity index (χ1n) is 9.91. The molecule has 0 bridgehead atoms. The number of piperidine rings is 1. The van der Waals surface area contributed by atoms with Crippen molar-refractivity contribution in [3.05, 3.63) is 83.4 Å². The zero-order chi connectivity index (χ0) is 20.4. The fourth-order valence-corrected chi connectivity index (χ4v) is 4.20. The van der Waals surface area contributed by atoms with E-state index in [0.29, 0.717) is 12.8 Å². The number of nitrogens with zero attached hydrogens (tertiary/aromatic N) is 1. The minimum absolute atomic E-state index is 0.191. The predicted octanol–water partition coefficient (Wildman–Crippen LogP) is 4.54. The summed E-state index contributed by atoms with van der Waals surface area (Å²) in [6, 6.07) is 18.1. The van der Waals surface area contributed by atoms with Gasteiger partial charge in [0.1, 0.15) is 0 Å². The van der Waals surface area contributed by atoms with Crippen LogP contribution in [0.4, 0.5) is 8.78 Å². The molecule has 0 aromatic heterocycles. The molecule has 150 valence electrons. The van der Waals surface area contributed by atoms with Crippen LogP contribution >= 0.6 is 0 Å². The maximum Gasteiger partial charge on any atom is 0.170 e. The second kappa shape index (κ2) is 8.01. The lowest BCUT2D eigenvalue weighted by atomic mass is 9.72. The molecule has 0 amide bonds. The average Bonchev–Trinajstić information content (AvgIpc) is 2.76. The summed E-state index contributed by atoms with van der Waals surface area (Å²) >= 11 is 0. The van der Waals surface area contributed by atoms with Crippen LogP contribution in [0.5, 0.6) is 0 Å². The maximum absolute atomic E-state index is 13.6. The summed E-state index contributed by atoms with van der Waals surface area (Å²) in [5.41, 5.74) is 6.70. The Morgan fingerprint density at radius 2 is 1.66 bits per heavy atom. The first kappa shape index (κ1) is 19.7. The SMILES string of the molecule is NCC1(C(=O)c2ccc(F)c(F)c2)CCN(Cc2ccc3ccccc3c2)CC1. The van der Waals surface area contributed by atoms with Crippen molar-refractivity contribution in [1.82, 2.24) is 4.90 Å². The van der Waals surface area contributed by atoms with Crippen molar-refractivity contribution in [1.29, 1.82) is 0 Å². The monoisotopic (exact) mass is 394 g/mol. The van der Waals surface area contributed by atoms with Crippen LogP contribution in [0.2, 0.25) is 0 Å². The van der Waals surface area contributed by atoms with Crippen LogP contribution in [0, 0.1) is 17.0 Å². The summed E-state index contributed by atoms with van der Waals surface area (Å²) in [7, 11) is 0. The third-order valence-corrected chi connectivity index (χ3v) is 6.09. The van der Waals surface area contributed by atoms with Crippen LogP contribution in [-0.2, 0) is 6.54 Å². The van der Waals surface area contributed by atoms with E-state index in [-0.39, 0.29) is 17.9 Å². The topological polar surface area (TPSA) is 46.3 Å². The van der Waals surface area contributed by atoms with Crippen LogP contribution < -0.4 is 5.73 Å². The molecule has 3 aromatic rings. The lowest BCUT2D eigenvalue weighted by molar-refractivity contribution is 0.0606. The molecule has 4 rings (SSSR count). The lowest BCUT2D eigenvalue weighted by Crippen LogP contribution is -2.48. The second-order valence-electron chi connectivity index (χ2n) is 7.90. The number of ketones is 1. The van der Waals surface area contributed by atoms with Crippen molar-refractivity contribution in [3.8, 4) is 0 Å². The van der Waals surface area contributed by atoms with Crippen molar-refractivity contribution in [2.24, 2.45) is 11.1 Å². The van der Waals surface area contributed by atoms with Gasteiger partial charge in [0.25, 0.3) is 0 Å². The highest BCUT2D eigenvalue weighted by molar-refractivity contribution is 6.00. The third-order valence-electron chi connectivity index (χ3n) is 6.09. The molecule has 0 saturated carbocycles. The molecular weight excluding hydrogens is 370 g/mol. The molecule has 0 radical (unpaired) electrons. The summed E-state index contributed by atoms with van der Waals surface area (Å²) in [6.45, 7) is 2.48. The minimum Gasteiger partial charge on any atom is -0.329 e. The van der Waals surface area contributed by atoms with E-state index in [4.69, 9.17) is 5.73 Å². The second-order valence-corrected chi connectivity index (χ2v) is 7.90. The van der Waals surface area contributed by atoms with Gasteiger partial charge >= 0.3 is 0 Å². The molecule has 3 aromatic carbocycles. The fourth-order valence-electron chi connectivity index (χ4n) is 4.20. The maximum atomic E-state index is 13.6. The Kier molecular flexibility index (Phi) is 5.43. The van der Waals surface area contributed by atoms with E-state index < -0.39 is 17.0 Å². The highest BCUT2D eigenvalue weighted by atomic mass is 19.2. The number of carbonyl (C=O) groups is 1. The van der Waals surface area contributed by atoms with Crippen LogP contribution in [-0.4, -0.2) is 30.3 Å². The van der Waals surface area contributed by atoms with Crippen molar-refractivity contribution < 1.29 is 13.6 Å². The molecule has 0 unspecified atom stereocenters.